The zero-order valence-electron chi connectivity index (χ0n) is 24.4. The average Bonchev–Trinajstić information content (AvgIpc) is 2.83. The second kappa shape index (κ2) is 30.1. The lowest BCUT2D eigenvalue weighted by Gasteiger charge is -2.28. The molecule has 0 atom stereocenters. The molecule has 1 N–H and O–H groups in total. The van der Waals surface area contributed by atoms with E-state index in [4.69, 9.17) is 0 Å². The van der Waals surface area contributed by atoms with Crippen LogP contribution in [-0.2, 0) is 0 Å². The Bertz CT molecular complexity index is 342. The van der Waals surface area contributed by atoms with Gasteiger partial charge < -0.3 is 22.3 Å². The maximum absolute atomic E-state index is 3.79. The Morgan fingerprint density at radius 1 is 0.353 bits per heavy atom. The topological polar surface area (TPSA) is 12.0 Å². The number of hydrogen-bond donors (Lipinski definition) is 1. The van der Waals surface area contributed by atoms with Gasteiger partial charge in [0.25, 0.3) is 0 Å². The van der Waals surface area contributed by atoms with Gasteiger partial charge in [-0.25, -0.2) is 0 Å². The highest BCUT2D eigenvalue weighted by atomic mass is 79.9. The molecule has 0 bridgehead atoms. The van der Waals surface area contributed by atoms with E-state index < -0.39 is 7.26 Å². The van der Waals surface area contributed by atoms with Gasteiger partial charge in [-0.1, -0.05) is 130 Å². The number of rotatable bonds is 28. The zero-order chi connectivity index (χ0) is 24.3. The molecule has 0 aliphatic carbocycles. The Morgan fingerprint density at radius 2 is 0.647 bits per heavy atom. The van der Waals surface area contributed by atoms with Crippen LogP contribution in [0.3, 0.4) is 0 Å². The third-order valence-electron chi connectivity index (χ3n) is 7.65. The summed E-state index contributed by atoms with van der Waals surface area (Å²) in [6, 6.07) is 0. The van der Waals surface area contributed by atoms with Crippen molar-refractivity contribution in [3.8, 4) is 0 Å². The van der Waals surface area contributed by atoms with Crippen LogP contribution >= 0.6 is 7.26 Å². The van der Waals surface area contributed by atoms with Crippen molar-refractivity contribution in [3.05, 3.63) is 0 Å². The molecular formula is C31H67BrNP. The van der Waals surface area contributed by atoms with E-state index in [1.807, 2.05) is 0 Å². The zero-order valence-corrected chi connectivity index (χ0v) is 26.9. The molecule has 0 aromatic heterocycles. The molecule has 3 heteroatoms. The molecule has 0 aliphatic rings. The summed E-state index contributed by atoms with van der Waals surface area (Å²) in [6.45, 7) is 12.0. The van der Waals surface area contributed by atoms with E-state index in [1.54, 1.807) is 24.6 Å². The van der Waals surface area contributed by atoms with Crippen LogP contribution in [0, 0.1) is 0 Å². The molecule has 0 aromatic rings. The fourth-order valence-electron chi connectivity index (χ4n) is 5.26. The van der Waals surface area contributed by atoms with E-state index in [2.05, 4.69) is 33.0 Å². The molecule has 0 unspecified atom stereocenters. The van der Waals surface area contributed by atoms with Gasteiger partial charge in [0.15, 0.2) is 0 Å². The monoisotopic (exact) mass is 563 g/mol. The van der Waals surface area contributed by atoms with Crippen molar-refractivity contribution in [2.45, 2.75) is 163 Å². The van der Waals surface area contributed by atoms with Crippen LogP contribution in [-0.4, -0.2) is 37.7 Å². The minimum atomic E-state index is -0.677. The summed E-state index contributed by atoms with van der Waals surface area (Å²) >= 11 is 0. The first-order chi connectivity index (χ1) is 16.2. The molecule has 0 aliphatic heterocycles. The van der Waals surface area contributed by atoms with Crippen molar-refractivity contribution in [2.75, 3.05) is 37.7 Å². The summed E-state index contributed by atoms with van der Waals surface area (Å²) in [5.74, 6) is 0. The molecule has 208 valence electrons. The van der Waals surface area contributed by atoms with Crippen LogP contribution in [0.1, 0.15) is 163 Å². The standard InChI is InChI=1S/C31H67NP.BrH/c1-5-9-13-14-15-16-17-18-19-20-21-22-23-24-26-32-27-25-31-33(28-10-6-2,29-11-7-3)30-12-8-4;/h32H,5-31H2,1-4H3;1H/q+1;/p-1. The van der Waals surface area contributed by atoms with Crippen LogP contribution in [0.5, 0.6) is 0 Å². The Hall–Kier alpha value is 0.870. The van der Waals surface area contributed by atoms with Gasteiger partial charge in [0, 0.05) is 7.26 Å². The summed E-state index contributed by atoms with van der Waals surface area (Å²) in [4.78, 5) is 0. The van der Waals surface area contributed by atoms with Crippen LogP contribution in [0.25, 0.3) is 0 Å². The third kappa shape index (κ3) is 24.6. The molecule has 0 aromatic carbocycles. The summed E-state index contributed by atoms with van der Waals surface area (Å²) in [7, 11) is -0.677. The molecule has 0 saturated carbocycles. The first kappa shape index (κ1) is 37.0. The predicted octanol–water partition coefficient (Wildman–Crippen LogP) is 7.87. The highest BCUT2D eigenvalue weighted by molar-refractivity contribution is 7.75. The third-order valence-corrected chi connectivity index (χ3v) is 12.7. The fraction of sp³-hybridized carbons (Fsp3) is 1.00. The molecule has 0 fully saturated rings. The van der Waals surface area contributed by atoms with Crippen molar-refractivity contribution in [3.63, 3.8) is 0 Å². The maximum atomic E-state index is 3.79. The molecule has 0 rings (SSSR count). The number of nitrogens with one attached hydrogen (secondary N) is 1. The molecular weight excluding hydrogens is 497 g/mol. The predicted molar refractivity (Wildman–Crippen MR) is 159 cm³/mol. The van der Waals surface area contributed by atoms with Crippen molar-refractivity contribution < 1.29 is 17.0 Å². The largest absolute Gasteiger partial charge is 1.00 e. The summed E-state index contributed by atoms with van der Waals surface area (Å²) in [5, 5.41) is 3.79. The van der Waals surface area contributed by atoms with E-state index in [1.165, 1.54) is 148 Å². The highest BCUT2D eigenvalue weighted by Gasteiger charge is 2.34. The summed E-state index contributed by atoms with van der Waals surface area (Å²) < 4.78 is 0. The molecule has 0 spiro atoms. The van der Waals surface area contributed by atoms with Gasteiger partial charge in [-0.3, -0.25) is 0 Å². The smallest absolute Gasteiger partial charge is 0.0606 e. The first-order valence-electron chi connectivity index (χ1n) is 15.8. The van der Waals surface area contributed by atoms with Crippen LogP contribution in [0.4, 0.5) is 0 Å². The van der Waals surface area contributed by atoms with E-state index in [-0.39, 0.29) is 17.0 Å². The van der Waals surface area contributed by atoms with Gasteiger partial charge in [0.2, 0.25) is 0 Å². The number of unbranched alkanes of at least 4 members (excludes halogenated alkanes) is 16. The second-order valence-corrected chi connectivity index (χ2v) is 15.5. The Balaban J connectivity index is 0. The van der Waals surface area contributed by atoms with Crippen LogP contribution in [0.2, 0.25) is 0 Å². The summed E-state index contributed by atoms with van der Waals surface area (Å²) in [6.07, 6.45) is 36.7. The van der Waals surface area contributed by atoms with Gasteiger partial charge in [-0.2, -0.15) is 0 Å². The van der Waals surface area contributed by atoms with Gasteiger partial charge in [-0.15, -0.1) is 0 Å². The van der Waals surface area contributed by atoms with Gasteiger partial charge in [0.05, 0.1) is 24.6 Å². The Kier molecular flexibility index (Phi) is 32.8. The van der Waals surface area contributed by atoms with Crippen molar-refractivity contribution >= 4 is 7.26 Å². The number of hydrogen-bond acceptors (Lipinski definition) is 1. The minimum Gasteiger partial charge on any atom is -1.00 e. The van der Waals surface area contributed by atoms with E-state index in [9.17, 15) is 0 Å². The van der Waals surface area contributed by atoms with Gasteiger partial charge in [0.1, 0.15) is 0 Å². The SMILES string of the molecule is CCCCCCCCCCCCCCCCNCCC[P+](CCCC)(CCCC)CCCC.[Br-]. The highest BCUT2D eigenvalue weighted by Crippen LogP contribution is 2.61. The lowest BCUT2D eigenvalue weighted by Crippen LogP contribution is -3.00. The Morgan fingerprint density at radius 3 is 1.03 bits per heavy atom. The van der Waals surface area contributed by atoms with Crippen LogP contribution < -0.4 is 22.3 Å². The average molecular weight is 565 g/mol. The van der Waals surface area contributed by atoms with E-state index >= 15 is 0 Å². The van der Waals surface area contributed by atoms with Crippen molar-refractivity contribution in [2.24, 2.45) is 0 Å². The van der Waals surface area contributed by atoms with Crippen molar-refractivity contribution in [1.29, 1.82) is 0 Å². The molecule has 0 heterocycles. The minimum absolute atomic E-state index is 0. The maximum Gasteiger partial charge on any atom is 0.0606 e. The molecule has 1 nitrogen and oxygen atoms in total. The molecule has 34 heavy (non-hydrogen) atoms. The molecule has 0 radical (unpaired) electrons. The Labute approximate surface area is 229 Å². The normalized spacial score (nSPS) is 11.6. The lowest BCUT2D eigenvalue weighted by atomic mass is 10.0. The van der Waals surface area contributed by atoms with Gasteiger partial charge in [-0.05, 0) is 45.2 Å². The first-order valence-corrected chi connectivity index (χ1v) is 18.3. The fourth-order valence-corrected chi connectivity index (χ4v) is 10.4. The molecule has 0 amide bonds. The lowest BCUT2D eigenvalue weighted by molar-refractivity contribution is -0.00000754. The second-order valence-electron chi connectivity index (χ2n) is 11.0. The summed E-state index contributed by atoms with van der Waals surface area (Å²) in [5.41, 5.74) is 0. The van der Waals surface area contributed by atoms with E-state index in [0.717, 1.165) is 0 Å². The van der Waals surface area contributed by atoms with Gasteiger partial charge >= 0.3 is 0 Å². The van der Waals surface area contributed by atoms with E-state index in [0.29, 0.717) is 0 Å². The van der Waals surface area contributed by atoms with Crippen LogP contribution in [0.15, 0.2) is 0 Å². The molecule has 0 saturated heterocycles. The quantitative estimate of drug-likeness (QED) is 0.0753. The number of halogens is 1. The van der Waals surface area contributed by atoms with Crippen molar-refractivity contribution in [1.82, 2.24) is 5.32 Å².